The molecule has 0 N–H and O–H groups in total. The number of rotatable bonds is 9. The summed E-state index contributed by atoms with van der Waals surface area (Å²) in [4.78, 5) is 15.0. The van der Waals surface area contributed by atoms with E-state index in [9.17, 15) is 13.2 Å². The minimum Gasteiger partial charge on any atom is -0.372 e. The second-order valence-electron chi connectivity index (χ2n) is 8.08. The van der Waals surface area contributed by atoms with Gasteiger partial charge in [0.05, 0.1) is 11.0 Å². The van der Waals surface area contributed by atoms with Crippen molar-refractivity contribution in [3.63, 3.8) is 0 Å². The van der Waals surface area contributed by atoms with Crippen LogP contribution in [0.15, 0.2) is 24.3 Å². The molecular formula is C22H35NO3S. The van der Waals surface area contributed by atoms with Crippen LogP contribution in [0.2, 0.25) is 0 Å². The summed E-state index contributed by atoms with van der Waals surface area (Å²) in [7, 11) is -2.99. The van der Waals surface area contributed by atoms with Crippen LogP contribution in [-0.4, -0.2) is 38.3 Å². The number of ketones is 1. The lowest BCUT2D eigenvalue weighted by molar-refractivity contribution is -0.123. The van der Waals surface area contributed by atoms with Crippen LogP contribution in [0.25, 0.3) is 0 Å². The minimum atomic E-state index is -2.99. The molecule has 27 heavy (non-hydrogen) atoms. The third-order valence-electron chi connectivity index (χ3n) is 5.93. The van der Waals surface area contributed by atoms with Gasteiger partial charge in [0, 0.05) is 31.1 Å². The van der Waals surface area contributed by atoms with Crippen molar-refractivity contribution in [2.75, 3.05) is 23.7 Å². The van der Waals surface area contributed by atoms with Gasteiger partial charge < -0.3 is 4.90 Å². The topological polar surface area (TPSA) is 54.5 Å². The van der Waals surface area contributed by atoms with Gasteiger partial charge in [0.1, 0.15) is 5.78 Å². The van der Waals surface area contributed by atoms with E-state index in [2.05, 4.69) is 43.0 Å². The van der Waals surface area contributed by atoms with Gasteiger partial charge in [0.2, 0.25) is 0 Å². The summed E-state index contributed by atoms with van der Waals surface area (Å²) in [5, 5.41) is -0.309. The molecule has 1 aromatic carbocycles. The van der Waals surface area contributed by atoms with Crippen LogP contribution in [-0.2, 0) is 21.1 Å². The van der Waals surface area contributed by atoms with Crippen molar-refractivity contribution in [2.24, 2.45) is 11.8 Å². The average Bonchev–Trinajstić information content (AvgIpc) is 2.64. The Kier molecular flexibility index (Phi) is 7.90. The zero-order valence-electron chi connectivity index (χ0n) is 17.3. The van der Waals surface area contributed by atoms with E-state index < -0.39 is 9.84 Å². The lowest BCUT2D eigenvalue weighted by atomic mass is 9.79. The standard InChI is InChI=1S/C22H35NO3S/c1-5-23(6-2)21-13-9-18(10-14-21)15-22(24)20-11-7-19(8-12-20)16-27(25,26)17(3)4/h9-10,13-14,17,19-20H,5-8,11-12,15-16H2,1-4H3. The third kappa shape index (κ3) is 6.06. The van der Waals surface area contributed by atoms with Gasteiger partial charge in [0.15, 0.2) is 9.84 Å². The Morgan fingerprint density at radius 3 is 2.07 bits per heavy atom. The van der Waals surface area contributed by atoms with E-state index in [0.29, 0.717) is 12.2 Å². The van der Waals surface area contributed by atoms with E-state index in [-0.39, 0.29) is 22.8 Å². The molecule has 0 spiro atoms. The average molecular weight is 394 g/mol. The highest BCUT2D eigenvalue weighted by Crippen LogP contribution is 2.31. The predicted octanol–water partition coefficient (Wildman–Crippen LogP) is 4.27. The highest BCUT2D eigenvalue weighted by Gasteiger charge is 2.29. The number of anilines is 1. The minimum absolute atomic E-state index is 0.0884. The molecule has 1 aliphatic rings. The lowest BCUT2D eigenvalue weighted by Gasteiger charge is -2.28. The van der Waals surface area contributed by atoms with Gasteiger partial charge in [-0.2, -0.15) is 0 Å². The molecule has 0 bridgehead atoms. The first kappa shape index (κ1) is 21.9. The highest BCUT2D eigenvalue weighted by molar-refractivity contribution is 7.91. The zero-order valence-corrected chi connectivity index (χ0v) is 18.1. The van der Waals surface area contributed by atoms with Gasteiger partial charge in [-0.25, -0.2) is 8.42 Å². The smallest absolute Gasteiger partial charge is 0.152 e. The first-order chi connectivity index (χ1) is 12.8. The van der Waals surface area contributed by atoms with Gasteiger partial charge in [-0.15, -0.1) is 0 Å². The number of Topliss-reactive ketones (excluding diaryl/α,β-unsaturated/α-hetero) is 1. The van der Waals surface area contributed by atoms with Crippen molar-refractivity contribution < 1.29 is 13.2 Å². The van der Waals surface area contributed by atoms with E-state index in [1.807, 2.05) is 0 Å². The van der Waals surface area contributed by atoms with Crippen LogP contribution in [0.5, 0.6) is 0 Å². The summed E-state index contributed by atoms with van der Waals surface area (Å²) in [6.45, 7) is 9.73. The van der Waals surface area contributed by atoms with Gasteiger partial charge in [0.25, 0.3) is 0 Å². The fraction of sp³-hybridized carbons (Fsp3) is 0.682. The molecule has 0 atom stereocenters. The third-order valence-corrected chi connectivity index (χ3v) is 8.30. The molecule has 0 aliphatic heterocycles. The molecule has 0 aromatic heterocycles. The monoisotopic (exact) mass is 393 g/mol. The Hall–Kier alpha value is -1.36. The Morgan fingerprint density at radius 2 is 1.59 bits per heavy atom. The van der Waals surface area contributed by atoms with Crippen LogP contribution in [0.3, 0.4) is 0 Å². The SMILES string of the molecule is CCN(CC)c1ccc(CC(=O)C2CCC(CS(=O)(=O)C(C)C)CC2)cc1. The molecule has 1 aliphatic carbocycles. The van der Waals surface area contributed by atoms with Crippen LogP contribution in [0.4, 0.5) is 5.69 Å². The normalized spacial score (nSPS) is 20.6. The van der Waals surface area contributed by atoms with Gasteiger partial charge in [-0.1, -0.05) is 12.1 Å². The maximum Gasteiger partial charge on any atom is 0.152 e. The Bertz CT molecular complexity index is 698. The first-order valence-electron chi connectivity index (χ1n) is 10.3. The van der Waals surface area contributed by atoms with Gasteiger partial charge in [-0.3, -0.25) is 4.79 Å². The molecule has 1 aromatic rings. The molecule has 4 nitrogen and oxygen atoms in total. The molecular weight excluding hydrogens is 358 g/mol. The summed E-state index contributed by atoms with van der Waals surface area (Å²) in [5.41, 5.74) is 2.27. The molecule has 5 heteroatoms. The van der Waals surface area contributed by atoms with Gasteiger partial charge in [-0.05, 0) is 77.0 Å². The van der Waals surface area contributed by atoms with Gasteiger partial charge >= 0.3 is 0 Å². The summed E-state index contributed by atoms with van der Waals surface area (Å²) in [5.74, 6) is 0.884. The van der Waals surface area contributed by atoms with E-state index >= 15 is 0 Å². The molecule has 1 saturated carbocycles. The molecule has 2 rings (SSSR count). The van der Waals surface area contributed by atoms with Crippen molar-refractivity contribution in [1.29, 1.82) is 0 Å². The van der Waals surface area contributed by atoms with E-state index in [0.717, 1.165) is 44.3 Å². The molecule has 0 saturated heterocycles. The second kappa shape index (κ2) is 9.72. The number of carbonyl (C=O) groups excluding carboxylic acids is 1. The van der Waals surface area contributed by atoms with E-state index in [4.69, 9.17) is 0 Å². The van der Waals surface area contributed by atoms with Crippen molar-refractivity contribution in [1.82, 2.24) is 0 Å². The molecule has 1 fully saturated rings. The van der Waals surface area contributed by atoms with Crippen molar-refractivity contribution in [2.45, 2.75) is 65.0 Å². The number of sulfone groups is 1. The van der Waals surface area contributed by atoms with Crippen molar-refractivity contribution in [3.8, 4) is 0 Å². The summed E-state index contributed by atoms with van der Waals surface area (Å²) in [6.07, 6.45) is 3.84. The van der Waals surface area contributed by atoms with E-state index in [1.54, 1.807) is 13.8 Å². The Balaban J connectivity index is 1.86. The predicted molar refractivity (Wildman–Crippen MR) is 113 cm³/mol. The molecule has 0 unspecified atom stereocenters. The molecule has 0 amide bonds. The van der Waals surface area contributed by atoms with Crippen LogP contribution >= 0.6 is 0 Å². The second-order valence-corrected chi connectivity index (χ2v) is 10.7. The summed E-state index contributed by atoms with van der Waals surface area (Å²) >= 11 is 0. The number of benzene rings is 1. The summed E-state index contributed by atoms with van der Waals surface area (Å²) < 4.78 is 24.2. The number of hydrogen-bond acceptors (Lipinski definition) is 4. The van der Waals surface area contributed by atoms with Crippen LogP contribution in [0.1, 0.15) is 58.9 Å². The molecule has 0 heterocycles. The first-order valence-corrected chi connectivity index (χ1v) is 12.1. The Morgan fingerprint density at radius 1 is 1.04 bits per heavy atom. The van der Waals surface area contributed by atoms with Crippen LogP contribution in [0, 0.1) is 11.8 Å². The highest BCUT2D eigenvalue weighted by atomic mass is 32.2. The summed E-state index contributed by atoms with van der Waals surface area (Å²) in [6, 6.07) is 8.32. The number of nitrogens with zero attached hydrogens (tertiary/aromatic N) is 1. The van der Waals surface area contributed by atoms with Crippen LogP contribution < -0.4 is 4.90 Å². The fourth-order valence-electron chi connectivity index (χ4n) is 3.93. The maximum absolute atomic E-state index is 12.7. The van der Waals surface area contributed by atoms with Crippen molar-refractivity contribution >= 4 is 21.3 Å². The fourth-order valence-corrected chi connectivity index (χ4v) is 5.31. The number of hydrogen-bond donors (Lipinski definition) is 0. The quantitative estimate of drug-likeness (QED) is 0.628. The van der Waals surface area contributed by atoms with E-state index in [1.165, 1.54) is 5.69 Å². The zero-order chi connectivity index (χ0) is 20.0. The maximum atomic E-state index is 12.7. The number of carbonyl (C=O) groups is 1. The molecule has 0 radical (unpaired) electrons. The lowest BCUT2D eigenvalue weighted by Crippen LogP contribution is -2.29. The largest absolute Gasteiger partial charge is 0.372 e. The Labute approximate surface area is 165 Å². The van der Waals surface area contributed by atoms with Crippen molar-refractivity contribution in [3.05, 3.63) is 29.8 Å². The molecule has 152 valence electrons.